The lowest BCUT2D eigenvalue weighted by Crippen LogP contribution is -2.08. The maximum absolute atomic E-state index is 9.62. The molecule has 1 aromatic heterocycles. The van der Waals surface area contributed by atoms with E-state index in [1.54, 1.807) is 18.2 Å². The first-order valence-electron chi connectivity index (χ1n) is 6.49. The number of fused-ring (bicyclic) bond motifs is 1. The highest BCUT2D eigenvalue weighted by atomic mass is 16.3. The van der Waals surface area contributed by atoms with Crippen LogP contribution in [0, 0.1) is 0 Å². The monoisotopic (exact) mass is 265 g/mol. The Hall–Kier alpha value is -2.62. The van der Waals surface area contributed by atoms with Crippen molar-refractivity contribution >= 4 is 16.7 Å². The van der Waals surface area contributed by atoms with Gasteiger partial charge in [-0.1, -0.05) is 30.3 Å². The second-order valence-electron chi connectivity index (χ2n) is 4.70. The minimum absolute atomic E-state index is 0.122. The van der Waals surface area contributed by atoms with Crippen LogP contribution in [0.15, 0.2) is 54.9 Å². The van der Waals surface area contributed by atoms with Gasteiger partial charge in [0.25, 0.3) is 0 Å². The zero-order valence-corrected chi connectivity index (χ0v) is 11.1. The Morgan fingerprint density at radius 1 is 1.05 bits per heavy atom. The third-order valence-electron chi connectivity index (χ3n) is 3.27. The van der Waals surface area contributed by atoms with Gasteiger partial charge in [0, 0.05) is 11.4 Å². The summed E-state index contributed by atoms with van der Waals surface area (Å²) in [6.45, 7) is 2.08. The number of nitrogens with one attached hydrogen (secondary N) is 1. The summed E-state index contributed by atoms with van der Waals surface area (Å²) in [6.07, 6.45) is 1.53. The lowest BCUT2D eigenvalue weighted by Gasteiger charge is -2.16. The maximum atomic E-state index is 9.62. The van der Waals surface area contributed by atoms with Gasteiger partial charge in [-0.05, 0) is 30.7 Å². The Kier molecular flexibility index (Phi) is 3.21. The number of aromatic hydroxyl groups is 1. The topological polar surface area (TPSA) is 58.0 Å². The molecule has 0 spiro atoms. The van der Waals surface area contributed by atoms with Crippen molar-refractivity contribution in [1.29, 1.82) is 0 Å². The van der Waals surface area contributed by atoms with Gasteiger partial charge in [-0.3, -0.25) is 0 Å². The van der Waals surface area contributed by atoms with Crippen LogP contribution in [0.2, 0.25) is 0 Å². The molecule has 1 unspecified atom stereocenters. The molecule has 0 amide bonds. The molecule has 2 aromatic carbocycles. The van der Waals surface area contributed by atoms with E-state index in [1.807, 2.05) is 18.2 Å². The van der Waals surface area contributed by atoms with E-state index in [4.69, 9.17) is 0 Å². The molecule has 3 rings (SSSR count). The molecule has 1 heterocycles. The van der Waals surface area contributed by atoms with E-state index in [9.17, 15) is 5.11 Å². The van der Waals surface area contributed by atoms with Crippen molar-refractivity contribution in [2.75, 3.05) is 5.32 Å². The minimum atomic E-state index is 0.122. The van der Waals surface area contributed by atoms with E-state index < -0.39 is 0 Å². The predicted molar refractivity (Wildman–Crippen MR) is 79.7 cm³/mol. The van der Waals surface area contributed by atoms with Crippen LogP contribution in [0.5, 0.6) is 5.75 Å². The molecule has 2 N–H and O–H groups in total. The summed E-state index contributed by atoms with van der Waals surface area (Å²) in [5.74, 6) is 0.935. The largest absolute Gasteiger partial charge is 0.508 e. The average molecular weight is 265 g/mol. The van der Waals surface area contributed by atoms with Gasteiger partial charge in [-0.25, -0.2) is 9.97 Å². The average Bonchev–Trinajstić information content (AvgIpc) is 2.49. The molecular weight excluding hydrogens is 250 g/mol. The zero-order valence-electron chi connectivity index (χ0n) is 11.1. The first-order valence-corrected chi connectivity index (χ1v) is 6.49. The van der Waals surface area contributed by atoms with Crippen LogP contribution in [0.25, 0.3) is 10.9 Å². The lowest BCUT2D eigenvalue weighted by molar-refractivity contribution is 0.476. The molecule has 0 radical (unpaired) electrons. The normalized spacial score (nSPS) is 12.2. The van der Waals surface area contributed by atoms with Crippen LogP contribution in [-0.2, 0) is 0 Å². The van der Waals surface area contributed by atoms with E-state index >= 15 is 0 Å². The molecule has 0 saturated carbocycles. The van der Waals surface area contributed by atoms with Gasteiger partial charge in [0.05, 0.1) is 5.52 Å². The summed E-state index contributed by atoms with van der Waals surface area (Å²) in [5, 5.41) is 13.8. The SMILES string of the molecule is CC(Nc1ncnc2ccc(O)cc12)c1ccccc1. The number of phenolic OH excluding ortho intramolecular Hbond substituents is 1. The highest BCUT2D eigenvalue weighted by molar-refractivity contribution is 5.89. The Balaban J connectivity index is 1.97. The standard InChI is InChI=1S/C16H15N3O/c1-11(12-5-3-2-4-6-12)19-16-14-9-13(20)7-8-15(14)17-10-18-16/h2-11,20H,1H3,(H,17,18,19). The summed E-state index contributed by atoms with van der Waals surface area (Å²) < 4.78 is 0. The number of hydrogen-bond donors (Lipinski definition) is 2. The molecule has 0 bridgehead atoms. The fourth-order valence-electron chi connectivity index (χ4n) is 2.19. The molecule has 0 saturated heterocycles. The van der Waals surface area contributed by atoms with Crippen LogP contribution in [0.3, 0.4) is 0 Å². The van der Waals surface area contributed by atoms with E-state index in [0.717, 1.165) is 16.7 Å². The van der Waals surface area contributed by atoms with Crippen LogP contribution < -0.4 is 5.32 Å². The van der Waals surface area contributed by atoms with Crippen molar-refractivity contribution in [3.63, 3.8) is 0 Å². The molecule has 0 aliphatic rings. The molecule has 20 heavy (non-hydrogen) atoms. The Morgan fingerprint density at radius 2 is 1.85 bits per heavy atom. The summed E-state index contributed by atoms with van der Waals surface area (Å²) in [5.41, 5.74) is 1.99. The number of hydrogen-bond acceptors (Lipinski definition) is 4. The Bertz CT molecular complexity index is 728. The Labute approximate surface area is 117 Å². The molecule has 100 valence electrons. The van der Waals surface area contributed by atoms with Gasteiger partial charge < -0.3 is 10.4 Å². The number of aromatic nitrogens is 2. The predicted octanol–water partition coefficient (Wildman–Crippen LogP) is 3.51. The lowest BCUT2D eigenvalue weighted by atomic mass is 10.1. The molecule has 0 fully saturated rings. The van der Waals surface area contributed by atoms with E-state index in [0.29, 0.717) is 0 Å². The van der Waals surface area contributed by atoms with Crippen molar-refractivity contribution in [3.8, 4) is 5.75 Å². The fraction of sp³-hybridized carbons (Fsp3) is 0.125. The first-order chi connectivity index (χ1) is 9.74. The second kappa shape index (κ2) is 5.17. The summed E-state index contributed by atoms with van der Waals surface area (Å²) in [7, 11) is 0. The number of nitrogens with zero attached hydrogens (tertiary/aromatic N) is 2. The molecule has 0 aliphatic carbocycles. The highest BCUT2D eigenvalue weighted by Crippen LogP contribution is 2.26. The van der Waals surface area contributed by atoms with Gasteiger partial charge in [-0.15, -0.1) is 0 Å². The van der Waals surface area contributed by atoms with Crippen molar-refractivity contribution in [3.05, 3.63) is 60.4 Å². The van der Waals surface area contributed by atoms with Gasteiger partial charge in [0.15, 0.2) is 0 Å². The molecule has 3 aromatic rings. The van der Waals surface area contributed by atoms with Gasteiger partial charge >= 0.3 is 0 Å². The smallest absolute Gasteiger partial charge is 0.137 e. The summed E-state index contributed by atoms with van der Waals surface area (Å²) >= 11 is 0. The van der Waals surface area contributed by atoms with Crippen LogP contribution >= 0.6 is 0 Å². The van der Waals surface area contributed by atoms with Crippen molar-refractivity contribution in [2.24, 2.45) is 0 Å². The van der Waals surface area contributed by atoms with E-state index in [1.165, 1.54) is 11.9 Å². The molecule has 4 heteroatoms. The van der Waals surface area contributed by atoms with Crippen molar-refractivity contribution in [1.82, 2.24) is 9.97 Å². The molecular formula is C16H15N3O. The van der Waals surface area contributed by atoms with Crippen molar-refractivity contribution < 1.29 is 5.11 Å². The number of benzene rings is 2. The molecule has 4 nitrogen and oxygen atoms in total. The van der Waals surface area contributed by atoms with Crippen LogP contribution in [0.1, 0.15) is 18.5 Å². The van der Waals surface area contributed by atoms with Crippen molar-refractivity contribution in [2.45, 2.75) is 13.0 Å². The quantitative estimate of drug-likeness (QED) is 0.761. The molecule has 1 atom stereocenters. The fourth-order valence-corrected chi connectivity index (χ4v) is 2.19. The van der Waals surface area contributed by atoms with Gasteiger partial charge in [-0.2, -0.15) is 0 Å². The van der Waals surface area contributed by atoms with E-state index in [2.05, 4.69) is 34.3 Å². The van der Waals surface area contributed by atoms with Crippen LogP contribution in [0.4, 0.5) is 5.82 Å². The Morgan fingerprint density at radius 3 is 2.65 bits per heavy atom. The first kappa shape index (κ1) is 12.4. The summed E-state index contributed by atoms with van der Waals surface area (Å²) in [6, 6.07) is 15.4. The van der Waals surface area contributed by atoms with E-state index in [-0.39, 0.29) is 11.8 Å². The summed E-state index contributed by atoms with van der Waals surface area (Å²) in [4.78, 5) is 8.48. The maximum Gasteiger partial charge on any atom is 0.137 e. The third-order valence-corrected chi connectivity index (χ3v) is 3.27. The second-order valence-corrected chi connectivity index (χ2v) is 4.70. The highest BCUT2D eigenvalue weighted by Gasteiger charge is 2.09. The number of anilines is 1. The van der Waals surface area contributed by atoms with Crippen LogP contribution in [-0.4, -0.2) is 15.1 Å². The zero-order chi connectivity index (χ0) is 13.9. The molecule has 0 aliphatic heterocycles. The minimum Gasteiger partial charge on any atom is -0.508 e. The van der Waals surface area contributed by atoms with Gasteiger partial charge in [0.1, 0.15) is 17.9 Å². The number of phenols is 1. The van der Waals surface area contributed by atoms with Gasteiger partial charge in [0.2, 0.25) is 0 Å². The number of rotatable bonds is 3. The third kappa shape index (κ3) is 2.40.